The molecule has 0 unspecified atom stereocenters. The van der Waals surface area contributed by atoms with Gasteiger partial charge < -0.3 is 15.3 Å². The van der Waals surface area contributed by atoms with Crippen LogP contribution >= 0.6 is 0 Å². The summed E-state index contributed by atoms with van der Waals surface area (Å²) < 4.78 is 1.51. The first-order valence-electron chi connectivity index (χ1n) is 8.93. The first kappa shape index (κ1) is 17.7. The van der Waals surface area contributed by atoms with Crippen molar-refractivity contribution < 1.29 is 4.79 Å². The predicted octanol–water partition coefficient (Wildman–Crippen LogP) is 2.01. The van der Waals surface area contributed by atoms with Gasteiger partial charge in [-0.1, -0.05) is 18.2 Å². The molecule has 0 aliphatic rings. The SMILES string of the molecule is Cc1nc([C@H](Cc2c[nH]c3ccccc23)NC(=O)c2ccnn2C)cc(=O)[nH]1. The van der Waals surface area contributed by atoms with Crippen LogP contribution in [0.1, 0.15) is 33.6 Å². The van der Waals surface area contributed by atoms with E-state index in [0.717, 1.165) is 16.5 Å². The van der Waals surface area contributed by atoms with Gasteiger partial charge in [0.2, 0.25) is 0 Å². The molecule has 1 atom stereocenters. The molecule has 0 bridgehead atoms. The molecule has 28 heavy (non-hydrogen) atoms. The molecule has 0 spiro atoms. The Bertz CT molecular complexity index is 1200. The maximum absolute atomic E-state index is 12.8. The summed E-state index contributed by atoms with van der Waals surface area (Å²) in [5, 5.41) is 8.12. The lowest BCUT2D eigenvalue weighted by molar-refractivity contribution is 0.0926. The van der Waals surface area contributed by atoms with Crippen molar-refractivity contribution in [1.29, 1.82) is 0 Å². The highest BCUT2D eigenvalue weighted by atomic mass is 16.2. The Morgan fingerprint density at radius 3 is 2.86 bits per heavy atom. The minimum Gasteiger partial charge on any atom is -0.361 e. The fourth-order valence-electron chi connectivity index (χ4n) is 3.36. The second-order valence-corrected chi connectivity index (χ2v) is 6.69. The number of amides is 1. The van der Waals surface area contributed by atoms with Crippen molar-refractivity contribution in [2.45, 2.75) is 19.4 Å². The standard InChI is InChI=1S/C20H20N6O2/c1-12-23-17(10-19(27)24-12)16(25-20(28)18-7-8-22-26(18)2)9-13-11-21-15-6-4-3-5-14(13)15/h3-8,10-11,16,21H,9H2,1-2H3,(H,25,28)(H,23,24,27)/t16-/m0/s1. The highest BCUT2D eigenvalue weighted by molar-refractivity contribution is 5.92. The summed E-state index contributed by atoms with van der Waals surface area (Å²) >= 11 is 0. The Kier molecular flexibility index (Phi) is 4.52. The molecule has 0 radical (unpaired) electrons. The number of carbonyl (C=O) groups is 1. The van der Waals surface area contributed by atoms with Crippen LogP contribution in [0.15, 0.2) is 53.6 Å². The lowest BCUT2D eigenvalue weighted by Gasteiger charge is -2.18. The number of aromatic amines is 2. The molecule has 0 saturated carbocycles. The van der Waals surface area contributed by atoms with Crippen LogP contribution in [0.25, 0.3) is 10.9 Å². The molecule has 1 amide bonds. The zero-order valence-corrected chi connectivity index (χ0v) is 15.6. The van der Waals surface area contributed by atoms with E-state index < -0.39 is 6.04 Å². The van der Waals surface area contributed by atoms with Gasteiger partial charge in [0.05, 0.1) is 11.7 Å². The lowest BCUT2D eigenvalue weighted by Crippen LogP contribution is -2.33. The summed E-state index contributed by atoms with van der Waals surface area (Å²) in [6.07, 6.45) is 3.98. The maximum Gasteiger partial charge on any atom is 0.270 e. The molecular formula is C20H20N6O2. The van der Waals surface area contributed by atoms with Gasteiger partial charge in [-0.15, -0.1) is 0 Å². The number of para-hydroxylation sites is 1. The van der Waals surface area contributed by atoms with Gasteiger partial charge in [-0.3, -0.25) is 14.3 Å². The minimum atomic E-state index is -0.470. The van der Waals surface area contributed by atoms with E-state index in [4.69, 9.17) is 0 Å². The molecule has 142 valence electrons. The average molecular weight is 376 g/mol. The molecule has 0 aliphatic carbocycles. The highest BCUT2D eigenvalue weighted by Gasteiger charge is 2.21. The second kappa shape index (κ2) is 7.15. The molecule has 4 aromatic rings. The molecule has 1 aromatic carbocycles. The van der Waals surface area contributed by atoms with E-state index in [2.05, 4.69) is 25.4 Å². The topological polar surface area (TPSA) is 108 Å². The predicted molar refractivity (Wildman–Crippen MR) is 105 cm³/mol. The number of rotatable bonds is 5. The molecular weight excluding hydrogens is 356 g/mol. The number of aromatic nitrogens is 5. The molecule has 3 aromatic heterocycles. The number of H-pyrrole nitrogens is 2. The fourth-order valence-corrected chi connectivity index (χ4v) is 3.36. The van der Waals surface area contributed by atoms with Gasteiger partial charge in [0.1, 0.15) is 11.5 Å². The third-order valence-electron chi connectivity index (χ3n) is 4.69. The monoisotopic (exact) mass is 376 g/mol. The van der Waals surface area contributed by atoms with Gasteiger partial charge in [0, 0.05) is 42.8 Å². The second-order valence-electron chi connectivity index (χ2n) is 6.69. The third-order valence-corrected chi connectivity index (χ3v) is 4.69. The molecule has 4 rings (SSSR count). The van der Waals surface area contributed by atoms with Crippen LogP contribution in [0, 0.1) is 6.92 Å². The van der Waals surface area contributed by atoms with Crippen molar-refractivity contribution in [3.63, 3.8) is 0 Å². The third kappa shape index (κ3) is 3.44. The Balaban J connectivity index is 1.71. The molecule has 8 nitrogen and oxygen atoms in total. The molecule has 0 fully saturated rings. The van der Waals surface area contributed by atoms with Crippen LogP contribution in [-0.2, 0) is 13.5 Å². The van der Waals surface area contributed by atoms with Crippen molar-refractivity contribution >= 4 is 16.8 Å². The smallest absolute Gasteiger partial charge is 0.270 e. The zero-order chi connectivity index (χ0) is 19.7. The molecule has 0 saturated heterocycles. The number of nitrogens with one attached hydrogen (secondary N) is 3. The van der Waals surface area contributed by atoms with Crippen LogP contribution in [0.2, 0.25) is 0 Å². The zero-order valence-electron chi connectivity index (χ0n) is 15.6. The number of carbonyl (C=O) groups excluding carboxylic acids is 1. The Morgan fingerprint density at radius 2 is 2.11 bits per heavy atom. The first-order chi connectivity index (χ1) is 13.5. The Labute approximate surface area is 160 Å². The normalized spacial score (nSPS) is 12.2. The summed E-state index contributed by atoms with van der Waals surface area (Å²) in [6, 6.07) is 10.6. The van der Waals surface area contributed by atoms with Crippen LogP contribution in [0.5, 0.6) is 0 Å². The number of benzene rings is 1. The van der Waals surface area contributed by atoms with Crippen molar-refractivity contribution in [3.05, 3.63) is 81.9 Å². The van der Waals surface area contributed by atoms with Gasteiger partial charge in [-0.25, -0.2) is 4.98 Å². The van der Waals surface area contributed by atoms with Crippen LogP contribution < -0.4 is 10.9 Å². The molecule has 3 N–H and O–H groups in total. The summed E-state index contributed by atoms with van der Waals surface area (Å²) in [4.78, 5) is 35.1. The average Bonchev–Trinajstić information content (AvgIpc) is 3.27. The Morgan fingerprint density at radius 1 is 1.29 bits per heavy atom. The van der Waals surface area contributed by atoms with Gasteiger partial charge in [-0.2, -0.15) is 5.10 Å². The quantitative estimate of drug-likeness (QED) is 0.495. The highest BCUT2D eigenvalue weighted by Crippen LogP contribution is 2.23. The number of hydrogen-bond acceptors (Lipinski definition) is 4. The van der Waals surface area contributed by atoms with E-state index in [1.807, 2.05) is 30.5 Å². The van der Waals surface area contributed by atoms with Gasteiger partial charge in [-0.05, 0) is 24.6 Å². The van der Waals surface area contributed by atoms with Gasteiger partial charge in [0.25, 0.3) is 11.5 Å². The van der Waals surface area contributed by atoms with E-state index in [9.17, 15) is 9.59 Å². The Hall–Kier alpha value is -3.68. The summed E-state index contributed by atoms with van der Waals surface area (Å²) in [6.45, 7) is 1.72. The van der Waals surface area contributed by atoms with Gasteiger partial charge >= 0.3 is 0 Å². The largest absolute Gasteiger partial charge is 0.361 e. The molecule has 3 heterocycles. The number of hydrogen-bond donors (Lipinski definition) is 3. The molecule has 0 aliphatic heterocycles. The van der Waals surface area contributed by atoms with E-state index in [1.165, 1.54) is 10.7 Å². The van der Waals surface area contributed by atoms with Crippen molar-refractivity contribution in [1.82, 2.24) is 30.0 Å². The minimum absolute atomic E-state index is 0.249. The number of fused-ring (bicyclic) bond motifs is 1. The van der Waals surface area contributed by atoms with Gasteiger partial charge in [0.15, 0.2) is 0 Å². The molecule has 8 heteroatoms. The van der Waals surface area contributed by atoms with Crippen molar-refractivity contribution in [3.8, 4) is 0 Å². The van der Waals surface area contributed by atoms with E-state index in [-0.39, 0.29) is 11.5 Å². The van der Waals surface area contributed by atoms with Crippen LogP contribution in [0.3, 0.4) is 0 Å². The number of nitrogens with zero attached hydrogens (tertiary/aromatic N) is 3. The van der Waals surface area contributed by atoms with E-state index in [0.29, 0.717) is 23.6 Å². The maximum atomic E-state index is 12.8. The van der Waals surface area contributed by atoms with Crippen LogP contribution in [0.4, 0.5) is 0 Å². The lowest BCUT2D eigenvalue weighted by atomic mass is 10.0. The van der Waals surface area contributed by atoms with E-state index in [1.54, 1.807) is 26.2 Å². The summed E-state index contributed by atoms with van der Waals surface area (Å²) in [7, 11) is 1.71. The van der Waals surface area contributed by atoms with E-state index >= 15 is 0 Å². The summed E-state index contributed by atoms with van der Waals surface area (Å²) in [5.74, 6) is 0.228. The van der Waals surface area contributed by atoms with Crippen LogP contribution in [-0.4, -0.2) is 30.6 Å². The summed E-state index contributed by atoms with van der Waals surface area (Å²) in [5.41, 5.74) is 2.75. The fraction of sp³-hybridized carbons (Fsp3) is 0.200. The first-order valence-corrected chi connectivity index (χ1v) is 8.93. The van der Waals surface area contributed by atoms with Crippen molar-refractivity contribution in [2.75, 3.05) is 0 Å². The van der Waals surface area contributed by atoms with Crippen molar-refractivity contribution in [2.24, 2.45) is 7.05 Å². The number of aryl methyl sites for hydroxylation is 2.